The molecular weight excluding hydrogens is 272 g/mol. The first-order valence-electron chi connectivity index (χ1n) is 6.55. The van der Waals surface area contributed by atoms with Gasteiger partial charge in [-0.1, -0.05) is 18.2 Å². The molecule has 5 heteroatoms. The summed E-state index contributed by atoms with van der Waals surface area (Å²) in [5.41, 5.74) is 9.11. The number of anilines is 2. The molecule has 0 atom stereocenters. The van der Waals surface area contributed by atoms with Crippen molar-refractivity contribution < 1.29 is 8.42 Å². The number of hydrogen-bond donors (Lipinski definition) is 2. The fourth-order valence-corrected chi connectivity index (χ4v) is 3.75. The summed E-state index contributed by atoms with van der Waals surface area (Å²) in [5, 5.41) is 0. The van der Waals surface area contributed by atoms with E-state index in [1.165, 1.54) is 17.2 Å². The molecule has 20 heavy (non-hydrogen) atoms. The van der Waals surface area contributed by atoms with Gasteiger partial charge in [-0.15, -0.1) is 0 Å². The zero-order valence-electron chi connectivity index (χ0n) is 11.0. The summed E-state index contributed by atoms with van der Waals surface area (Å²) in [6.45, 7) is 0. The topological polar surface area (TPSA) is 72.2 Å². The third kappa shape index (κ3) is 2.36. The van der Waals surface area contributed by atoms with Crippen molar-refractivity contribution in [3.63, 3.8) is 0 Å². The summed E-state index contributed by atoms with van der Waals surface area (Å²) in [6.07, 6.45) is 3.23. The van der Waals surface area contributed by atoms with E-state index in [-0.39, 0.29) is 10.6 Å². The third-order valence-corrected chi connectivity index (χ3v) is 5.01. The van der Waals surface area contributed by atoms with Crippen LogP contribution in [0.4, 0.5) is 11.4 Å². The molecule has 1 aliphatic rings. The summed E-state index contributed by atoms with van der Waals surface area (Å²) >= 11 is 0. The van der Waals surface area contributed by atoms with E-state index in [0.29, 0.717) is 5.69 Å². The smallest absolute Gasteiger partial charge is 0.263 e. The van der Waals surface area contributed by atoms with Crippen LogP contribution in [0.1, 0.15) is 17.5 Å². The van der Waals surface area contributed by atoms with Gasteiger partial charge in [0.25, 0.3) is 10.0 Å². The number of benzene rings is 2. The summed E-state index contributed by atoms with van der Waals surface area (Å²) in [6, 6.07) is 12.2. The molecule has 0 aliphatic heterocycles. The quantitative estimate of drug-likeness (QED) is 0.853. The van der Waals surface area contributed by atoms with Crippen molar-refractivity contribution in [2.75, 3.05) is 10.5 Å². The van der Waals surface area contributed by atoms with E-state index >= 15 is 0 Å². The second-order valence-corrected chi connectivity index (χ2v) is 6.63. The fourth-order valence-electron chi connectivity index (χ4n) is 2.57. The van der Waals surface area contributed by atoms with Crippen LogP contribution < -0.4 is 10.5 Å². The van der Waals surface area contributed by atoms with Gasteiger partial charge in [-0.05, 0) is 54.7 Å². The molecule has 0 bridgehead atoms. The molecule has 0 fully saturated rings. The predicted molar refractivity (Wildman–Crippen MR) is 80.1 cm³/mol. The number of aryl methyl sites for hydroxylation is 2. The molecule has 0 unspecified atom stereocenters. The second-order valence-electron chi connectivity index (χ2n) is 4.98. The molecule has 0 radical (unpaired) electrons. The van der Waals surface area contributed by atoms with Crippen molar-refractivity contribution in [2.45, 2.75) is 24.2 Å². The Morgan fingerprint density at radius 3 is 2.55 bits per heavy atom. The molecule has 0 heterocycles. The minimum absolute atomic E-state index is 0.112. The van der Waals surface area contributed by atoms with Crippen molar-refractivity contribution in [2.24, 2.45) is 0 Å². The molecule has 1 aliphatic carbocycles. The van der Waals surface area contributed by atoms with Gasteiger partial charge in [0.15, 0.2) is 0 Å². The lowest BCUT2D eigenvalue weighted by atomic mass is 10.1. The number of nitrogen functional groups attached to an aromatic ring is 1. The standard InChI is InChI=1S/C15H16N2O2S/c16-14-6-1-2-7-15(14)20(18,19)17-13-9-8-11-4-3-5-12(11)10-13/h1-2,6-10,17H,3-5,16H2. The van der Waals surface area contributed by atoms with Crippen LogP contribution >= 0.6 is 0 Å². The molecule has 4 nitrogen and oxygen atoms in total. The van der Waals surface area contributed by atoms with E-state index in [2.05, 4.69) is 4.72 Å². The molecule has 0 spiro atoms. The van der Waals surface area contributed by atoms with Gasteiger partial charge >= 0.3 is 0 Å². The van der Waals surface area contributed by atoms with Crippen LogP contribution in [0.3, 0.4) is 0 Å². The molecule has 0 saturated carbocycles. The van der Waals surface area contributed by atoms with Gasteiger partial charge in [-0.2, -0.15) is 0 Å². The number of para-hydroxylation sites is 1. The molecule has 104 valence electrons. The van der Waals surface area contributed by atoms with Gasteiger partial charge in [-0.3, -0.25) is 4.72 Å². The highest BCUT2D eigenvalue weighted by Gasteiger charge is 2.18. The lowest BCUT2D eigenvalue weighted by Gasteiger charge is -2.11. The molecule has 3 rings (SSSR count). The maximum absolute atomic E-state index is 12.3. The van der Waals surface area contributed by atoms with Gasteiger partial charge in [0.2, 0.25) is 0 Å². The molecule has 2 aromatic rings. The Morgan fingerprint density at radius 1 is 1.00 bits per heavy atom. The van der Waals surface area contributed by atoms with Crippen molar-refractivity contribution in [3.05, 3.63) is 53.6 Å². The summed E-state index contributed by atoms with van der Waals surface area (Å²) in [5.74, 6) is 0. The minimum atomic E-state index is -3.64. The third-order valence-electron chi connectivity index (χ3n) is 3.56. The largest absolute Gasteiger partial charge is 0.398 e. The number of sulfonamides is 1. The van der Waals surface area contributed by atoms with Crippen LogP contribution in [0.2, 0.25) is 0 Å². The fraction of sp³-hybridized carbons (Fsp3) is 0.200. The van der Waals surface area contributed by atoms with Crippen LogP contribution in [0, 0.1) is 0 Å². The minimum Gasteiger partial charge on any atom is -0.398 e. The van der Waals surface area contributed by atoms with E-state index in [0.717, 1.165) is 19.3 Å². The average molecular weight is 288 g/mol. The van der Waals surface area contributed by atoms with E-state index in [4.69, 9.17) is 5.73 Å². The first-order valence-corrected chi connectivity index (χ1v) is 8.04. The lowest BCUT2D eigenvalue weighted by Crippen LogP contribution is -2.14. The van der Waals surface area contributed by atoms with E-state index in [9.17, 15) is 8.42 Å². The highest BCUT2D eigenvalue weighted by molar-refractivity contribution is 7.92. The Balaban J connectivity index is 1.93. The monoisotopic (exact) mass is 288 g/mol. The zero-order chi connectivity index (χ0) is 14.2. The van der Waals surface area contributed by atoms with Crippen LogP contribution in [0.15, 0.2) is 47.4 Å². The Hall–Kier alpha value is -2.01. The number of fused-ring (bicyclic) bond motifs is 1. The SMILES string of the molecule is Nc1ccccc1S(=O)(=O)Nc1ccc2c(c1)CCC2. The summed E-state index contributed by atoms with van der Waals surface area (Å²) < 4.78 is 27.3. The van der Waals surface area contributed by atoms with Gasteiger partial charge < -0.3 is 5.73 Å². The molecule has 0 aromatic heterocycles. The molecule has 2 aromatic carbocycles. The van der Waals surface area contributed by atoms with Crippen LogP contribution in [0.5, 0.6) is 0 Å². The van der Waals surface area contributed by atoms with E-state index in [1.54, 1.807) is 24.3 Å². The first-order chi connectivity index (χ1) is 9.56. The lowest BCUT2D eigenvalue weighted by molar-refractivity contribution is 0.601. The normalized spacial score (nSPS) is 14.0. The highest BCUT2D eigenvalue weighted by atomic mass is 32.2. The van der Waals surface area contributed by atoms with Crippen LogP contribution in [-0.2, 0) is 22.9 Å². The van der Waals surface area contributed by atoms with E-state index < -0.39 is 10.0 Å². The maximum atomic E-state index is 12.3. The average Bonchev–Trinajstić information content (AvgIpc) is 2.86. The molecule has 0 amide bonds. The predicted octanol–water partition coefficient (Wildman–Crippen LogP) is 2.56. The number of nitrogens with one attached hydrogen (secondary N) is 1. The van der Waals surface area contributed by atoms with E-state index in [1.807, 2.05) is 12.1 Å². The number of hydrogen-bond acceptors (Lipinski definition) is 3. The second kappa shape index (κ2) is 4.83. The number of nitrogens with two attached hydrogens (primary N) is 1. The molecule has 3 N–H and O–H groups in total. The molecular formula is C15H16N2O2S. The highest BCUT2D eigenvalue weighted by Crippen LogP contribution is 2.27. The van der Waals surface area contributed by atoms with Gasteiger partial charge in [0, 0.05) is 5.69 Å². The summed E-state index contributed by atoms with van der Waals surface area (Å²) in [4.78, 5) is 0.112. The van der Waals surface area contributed by atoms with Crippen molar-refractivity contribution in [3.8, 4) is 0 Å². The summed E-state index contributed by atoms with van der Waals surface area (Å²) in [7, 11) is -3.64. The maximum Gasteiger partial charge on any atom is 0.263 e. The Labute approximate surface area is 118 Å². The van der Waals surface area contributed by atoms with Gasteiger partial charge in [-0.25, -0.2) is 8.42 Å². The zero-order valence-corrected chi connectivity index (χ0v) is 11.8. The van der Waals surface area contributed by atoms with Crippen molar-refractivity contribution >= 4 is 21.4 Å². The Kier molecular flexibility index (Phi) is 3.14. The molecule has 0 saturated heterocycles. The van der Waals surface area contributed by atoms with Crippen LogP contribution in [0.25, 0.3) is 0 Å². The first kappa shape index (κ1) is 13.0. The van der Waals surface area contributed by atoms with Gasteiger partial charge in [0.1, 0.15) is 4.90 Å². The van der Waals surface area contributed by atoms with Crippen molar-refractivity contribution in [1.29, 1.82) is 0 Å². The van der Waals surface area contributed by atoms with Crippen molar-refractivity contribution in [1.82, 2.24) is 0 Å². The van der Waals surface area contributed by atoms with Crippen LogP contribution in [-0.4, -0.2) is 8.42 Å². The Morgan fingerprint density at radius 2 is 1.75 bits per heavy atom. The van der Waals surface area contributed by atoms with Gasteiger partial charge in [0.05, 0.1) is 5.69 Å². The number of rotatable bonds is 3. The Bertz CT molecular complexity index is 754.